The lowest BCUT2D eigenvalue weighted by Crippen LogP contribution is -2.67. The summed E-state index contributed by atoms with van der Waals surface area (Å²) in [5.74, 6) is 1.83. The van der Waals surface area contributed by atoms with Crippen LogP contribution < -0.4 is 4.74 Å². The van der Waals surface area contributed by atoms with Gasteiger partial charge in [-0.25, -0.2) is 4.98 Å². The third-order valence-electron chi connectivity index (χ3n) is 5.83. The van der Waals surface area contributed by atoms with Crippen LogP contribution >= 0.6 is 0 Å². The molecule has 1 amide bonds. The Morgan fingerprint density at radius 3 is 2.92 bits per heavy atom. The van der Waals surface area contributed by atoms with Crippen LogP contribution in [0.3, 0.4) is 0 Å². The average molecular weight is 345 g/mol. The molecule has 1 aromatic rings. The zero-order valence-electron chi connectivity index (χ0n) is 14.9. The molecule has 3 aliphatic rings. The van der Waals surface area contributed by atoms with Crippen molar-refractivity contribution in [2.24, 2.45) is 11.8 Å². The van der Waals surface area contributed by atoms with Crippen LogP contribution in [0.1, 0.15) is 44.2 Å². The molecule has 3 fully saturated rings. The van der Waals surface area contributed by atoms with Crippen LogP contribution in [0.15, 0.2) is 12.4 Å². The van der Waals surface area contributed by atoms with Gasteiger partial charge in [0.2, 0.25) is 11.8 Å². The van der Waals surface area contributed by atoms with Gasteiger partial charge in [-0.2, -0.15) is 0 Å². The second-order valence-electron chi connectivity index (χ2n) is 7.85. The molecule has 1 saturated carbocycles. The predicted octanol–water partition coefficient (Wildman–Crippen LogP) is 2.36. The molecule has 4 rings (SSSR count). The molecule has 2 saturated heterocycles. The van der Waals surface area contributed by atoms with Crippen molar-refractivity contribution in [3.05, 3.63) is 18.1 Å². The Kier molecular flexibility index (Phi) is 4.63. The van der Waals surface area contributed by atoms with E-state index in [1.165, 1.54) is 6.42 Å². The lowest BCUT2D eigenvalue weighted by Gasteiger charge is -2.54. The van der Waals surface area contributed by atoms with E-state index >= 15 is 0 Å². The number of hydrogen-bond acceptors (Lipinski definition) is 5. The monoisotopic (exact) mass is 345 g/mol. The molecule has 136 valence electrons. The fraction of sp³-hybridized carbons (Fsp3) is 0.737. The number of likely N-dealkylation sites (tertiary alicyclic amines) is 1. The number of amides is 1. The highest BCUT2D eigenvalue weighted by molar-refractivity contribution is 5.80. The van der Waals surface area contributed by atoms with Crippen LogP contribution in [0, 0.1) is 18.8 Å². The number of aromatic nitrogens is 2. The van der Waals surface area contributed by atoms with Crippen LogP contribution in [0.5, 0.6) is 5.88 Å². The first-order chi connectivity index (χ1) is 12.1. The highest BCUT2D eigenvalue weighted by Crippen LogP contribution is 2.40. The van der Waals surface area contributed by atoms with Gasteiger partial charge in [-0.1, -0.05) is 6.42 Å². The van der Waals surface area contributed by atoms with Crippen LogP contribution in [0.4, 0.5) is 0 Å². The third kappa shape index (κ3) is 3.64. The van der Waals surface area contributed by atoms with Crippen molar-refractivity contribution in [1.82, 2.24) is 14.9 Å². The summed E-state index contributed by atoms with van der Waals surface area (Å²) in [5.41, 5.74) is 0.777. The number of nitrogens with zero attached hydrogens (tertiary/aromatic N) is 3. The summed E-state index contributed by atoms with van der Waals surface area (Å²) in [6, 6.07) is 0. The van der Waals surface area contributed by atoms with Gasteiger partial charge in [0.05, 0.1) is 31.6 Å². The average Bonchev–Trinajstić information content (AvgIpc) is 2.51. The highest BCUT2D eigenvalue weighted by atomic mass is 16.5. The van der Waals surface area contributed by atoms with Crippen molar-refractivity contribution in [2.45, 2.75) is 51.0 Å². The van der Waals surface area contributed by atoms with Gasteiger partial charge in [-0.05, 0) is 44.9 Å². The van der Waals surface area contributed by atoms with Gasteiger partial charge in [0.1, 0.15) is 5.60 Å². The quantitative estimate of drug-likeness (QED) is 0.820. The van der Waals surface area contributed by atoms with Crippen molar-refractivity contribution in [2.75, 3.05) is 26.3 Å². The Labute approximate surface area is 148 Å². The minimum atomic E-state index is -0.0918. The minimum Gasteiger partial charge on any atom is -0.477 e. The smallest absolute Gasteiger partial charge is 0.232 e. The number of ether oxygens (including phenoxy) is 2. The molecule has 0 unspecified atom stereocenters. The highest BCUT2D eigenvalue weighted by Gasteiger charge is 2.50. The van der Waals surface area contributed by atoms with Crippen molar-refractivity contribution in [1.29, 1.82) is 0 Å². The van der Waals surface area contributed by atoms with E-state index in [0.29, 0.717) is 30.2 Å². The molecular formula is C19H27N3O3. The van der Waals surface area contributed by atoms with E-state index in [9.17, 15) is 4.79 Å². The lowest BCUT2D eigenvalue weighted by molar-refractivity contribution is -0.193. The van der Waals surface area contributed by atoms with Crippen LogP contribution in [0.25, 0.3) is 0 Å². The number of aryl methyl sites for hydroxylation is 1. The number of carbonyl (C=O) groups is 1. The molecule has 0 N–H and O–H groups in total. The molecule has 2 aliphatic heterocycles. The van der Waals surface area contributed by atoms with Crippen molar-refractivity contribution in [3.8, 4) is 5.88 Å². The van der Waals surface area contributed by atoms with Crippen molar-refractivity contribution >= 4 is 5.91 Å². The summed E-state index contributed by atoms with van der Waals surface area (Å²) in [6.45, 7) is 4.92. The molecule has 0 radical (unpaired) electrons. The molecule has 3 heterocycles. The first kappa shape index (κ1) is 16.8. The summed E-state index contributed by atoms with van der Waals surface area (Å²) >= 11 is 0. The molecule has 0 bridgehead atoms. The Hall–Kier alpha value is -1.69. The van der Waals surface area contributed by atoms with E-state index in [4.69, 9.17) is 9.47 Å². The van der Waals surface area contributed by atoms with E-state index in [-0.39, 0.29) is 5.60 Å². The molecule has 6 nitrogen and oxygen atoms in total. The van der Waals surface area contributed by atoms with Gasteiger partial charge < -0.3 is 14.4 Å². The van der Waals surface area contributed by atoms with E-state index in [0.717, 1.165) is 57.5 Å². The maximum atomic E-state index is 12.3. The lowest BCUT2D eigenvalue weighted by atomic mass is 9.77. The number of hydrogen-bond donors (Lipinski definition) is 0. The van der Waals surface area contributed by atoms with E-state index in [1.807, 2.05) is 11.8 Å². The summed E-state index contributed by atoms with van der Waals surface area (Å²) in [5, 5.41) is 0. The zero-order valence-corrected chi connectivity index (χ0v) is 14.9. The molecule has 1 aliphatic carbocycles. The molecule has 1 aromatic heterocycles. The SMILES string of the molecule is Cc1cncc(OCC[C@@H]2CCOC3(C2)CN(C(=O)C2CCC2)C3)n1. The Morgan fingerprint density at radius 1 is 1.36 bits per heavy atom. The van der Waals surface area contributed by atoms with Gasteiger partial charge in [0.25, 0.3) is 0 Å². The summed E-state index contributed by atoms with van der Waals surface area (Å²) < 4.78 is 11.8. The fourth-order valence-corrected chi connectivity index (χ4v) is 4.15. The van der Waals surface area contributed by atoms with Gasteiger partial charge in [0, 0.05) is 18.7 Å². The van der Waals surface area contributed by atoms with E-state index in [1.54, 1.807) is 12.4 Å². The summed E-state index contributed by atoms with van der Waals surface area (Å²) in [7, 11) is 0. The number of rotatable bonds is 5. The first-order valence-electron chi connectivity index (χ1n) is 9.48. The molecular weight excluding hydrogens is 318 g/mol. The Morgan fingerprint density at radius 2 is 2.20 bits per heavy atom. The molecule has 1 spiro atoms. The Bertz CT molecular complexity index is 626. The minimum absolute atomic E-state index is 0.0918. The molecule has 0 aromatic carbocycles. The van der Waals surface area contributed by atoms with Gasteiger partial charge in [0.15, 0.2) is 0 Å². The van der Waals surface area contributed by atoms with Crippen LogP contribution in [-0.2, 0) is 9.53 Å². The standard InChI is InChI=1S/C19H27N3O3/c1-14-10-20-11-17(21-14)24-7-5-15-6-8-25-19(9-15)12-22(13-19)18(23)16-3-2-4-16/h10-11,15-16H,2-9,12-13H2,1H3/t15-/m1/s1. The van der Waals surface area contributed by atoms with E-state index in [2.05, 4.69) is 9.97 Å². The maximum Gasteiger partial charge on any atom is 0.232 e. The van der Waals surface area contributed by atoms with Gasteiger partial charge in [-0.3, -0.25) is 9.78 Å². The fourth-order valence-electron chi connectivity index (χ4n) is 4.15. The normalized spacial score (nSPS) is 25.3. The molecule has 6 heteroatoms. The largest absolute Gasteiger partial charge is 0.477 e. The van der Waals surface area contributed by atoms with Gasteiger partial charge in [-0.15, -0.1) is 0 Å². The summed E-state index contributed by atoms with van der Waals surface area (Å²) in [6.07, 6.45) is 9.84. The Balaban J connectivity index is 1.22. The second-order valence-corrected chi connectivity index (χ2v) is 7.85. The second kappa shape index (κ2) is 6.90. The third-order valence-corrected chi connectivity index (χ3v) is 5.83. The van der Waals surface area contributed by atoms with Crippen LogP contribution in [0.2, 0.25) is 0 Å². The topological polar surface area (TPSA) is 64.6 Å². The maximum absolute atomic E-state index is 12.3. The van der Waals surface area contributed by atoms with Crippen LogP contribution in [-0.4, -0.2) is 52.7 Å². The van der Waals surface area contributed by atoms with E-state index < -0.39 is 0 Å². The summed E-state index contributed by atoms with van der Waals surface area (Å²) in [4.78, 5) is 22.7. The van der Waals surface area contributed by atoms with Crippen molar-refractivity contribution < 1.29 is 14.3 Å². The first-order valence-corrected chi connectivity index (χ1v) is 9.48. The molecule has 1 atom stereocenters. The zero-order chi connectivity index (χ0) is 17.3. The van der Waals surface area contributed by atoms with Crippen molar-refractivity contribution in [3.63, 3.8) is 0 Å². The predicted molar refractivity (Wildman–Crippen MR) is 92.2 cm³/mol. The van der Waals surface area contributed by atoms with Gasteiger partial charge >= 0.3 is 0 Å². The molecule has 25 heavy (non-hydrogen) atoms. The number of carbonyl (C=O) groups excluding carboxylic acids is 1.